The van der Waals surface area contributed by atoms with Crippen LogP contribution in [0.5, 0.6) is 5.75 Å². The first kappa shape index (κ1) is 16.7. The number of nitro benzene ring substituents is 1. The van der Waals surface area contributed by atoms with Crippen LogP contribution in [0.4, 0.5) is 11.4 Å². The molecule has 0 heterocycles. The SMILES string of the molecule is CCCC(C)(Nc1cccc(OCC)c1[N+](=O)[O-])C(=O)O. The van der Waals surface area contributed by atoms with Gasteiger partial charge in [0.05, 0.1) is 11.5 Å². The van der Waals surface area contributed by atoms with Gasteiger partial charge in [-0.15, -0.1) is 0 Å². The molecule has 21 heavy (non-hydrogen) atoms. The van der Waals surface area contributed by atoms with Crippen LogP contribution in [0.3, 0.4) is 0 Å². The van der Waals surface area contributed by atoms with E-state index in [2.05, 4.69) is 5.32 Å². The molecular formula is C14H20N2O5. The molecule has 0 aliphatic heterocycles. The van der Waals surface area contributed by atoms with E-state index in [1.165, 1.54) is 19.1 Å². The van der Waals surface area contributed by atoms with Crippen molar-refractivity contribution >= 4 is 17.3 Å². The van der Waals surface area contributed by atoms with Gasteiger partial charge in [0.1, 0.15) is 11.2 Å². The minimum absolute atomic E-state index is 0.122. The number of hydrogen-bond acceptors (Lipinski definition) is 5. The zero-order valence-electron chi connectivity index (χ0n) is 12.4. The molecule has 1 aromatic rings. The predicted octanol–water partition coefficient (Wildman–Crippen LogP) is 3.05. The molecule has 0 aromatic heterocycles. The molecule has 116 valence electrons. The van der Waals surface area contributed by atoms with Crippen molar-refractivity contribution in [2.24, 2.45) is 0 Å². The zero-order chi connectivity index (χ0) is 16.0. The summed E-state index contributed by atoms with van der Waals surface area (Å²) in [6.45, 7) is 5.38. The quantitative estimate of drug-likeness (QED) is 0.564. The van der Waals surface area contributed by atoms with E-state index in [0.717, 1.165) is 0 Å². The number of rotatable bonds is 8. The number of benzene rings is 1. The minimum atomic E-state index is -1.27. The fourth-order valence-corrected chi connectivity index (χ4v) is 2.10. The molecule has 7 heteroatoms. The molecule has 0 aliphatic carbocycles. The van der Waals surface area contributed by atoms with Gasteiger partial charge in [-0.05, 0) is 32.4 Å². The van der Waals surface area contributed by atoms with Crippen LogP contribution in [0.1, 0.15) is 33.6 Å². The highest BCUT2D eigenvalue weighted by atomic mass is 16.6. The van der Waals surface area contributed by atoms with Gasteiger partial charge in [0, 0.05) is 0 Å². The molecule has 1 unspecified atom stereocenters. The predicted molar refractivity (Wildman–Crippen MR) is 78.8 cm³/mol. The number of ether oxygens (including phenoxy) is 1. The van der Waals surface area contributed by atoms with Gasteiger partial charge >= 0.3 is 11.7 Å². The Balaban J connectivity index is 3.26. The number of aliphatic carboxylic acids is 1. The van der Waals surface area contributed by atoms with Crippen molar-refractivity contribution in [1.29, 1.82) is 0 Å². The maximum absolute atomic E-state index is 11.4. The number of carboxylic acids is 1. The Labute approximate surface area is 123 Å². The standard InChI is InChI=1S/C14H20N2O5/c1-4-9-14(3,13(17)18)15-10-7-6-8-11(21-5-2)12(10)16(19)20/h6-8,15H,4-5,9H2,1-3H3,(H,17,18). The number of carbonyl (C=O) groups is 1. The van der Waals surface area contributed by atoms with Crippen LogP contribution in [0.15, 0.2) is 18.2 Å². The Kier molecular flexibility index (Phi) is 5.52. The first-order valence-electron chi connectivity index (χ1n) is 6.77. The van der Waals surface area contributed by atoms with E-state index in [-0.39, 0.29) is 23.7 Å². The molecule has 0 fully saturated rings. The lowest BCUT2D eigenvalue weighted by Gasteiger charge is -2.27. The second-order valence-corrected chi connectivity index (χ2v) is 4.85. The highest BCUT2D eigenvalue weighted by Gasteiger charge is 2.35. The monoisotopic (exact) mass is 296 g/mol. The molecule has 2 N–H and O–H groups in total. The summed E-state index contributed by atoms with van der Waals surface area (Å²) in [5, 5.41) is 23.4. The molecule has 0 aliphatic rings. The third kappa shape index (κ3) is 3.84. The second kappa shape index (κ2) is 6.92. The summed E-state index contributed by atoms with van der Waals surface area (Å²) in [6.07, 6.45) is 0.979. The lowest BCUT2D eigenvalue weighted by molar-refractivity contribution is -0.385. The molecule has 1 rings (SSSR count). The molecule has 0 amide bonds. The minimum Gasteiger partial charge on any atom is -0.487 e. The Morgan fingerprint density at radius 1 is 1.48 bits per heavy atom. The fourth-order valence-electron chi connectivity index (χ4n) is 2.10. The largest absolute Gasteiger partial charge is 0.487 e. The molecule has 0 saturated heterocycles. The zero-order valence-corrected chi connectivity index (χ0v) is 12.4. The van der Waals surface area contributed by atoms with Crippen molar-refractivity contribution in [1.82, 2.24) is 0 Å². The van der Waals surface area contributed by atoms with Gasteiger partial charge in [0.15, 0.2) is 5.75 Å². The van der Waals surface area contributed by atoms with Crippen LogP contribution in [0.25, 0.3) is 0 Å². The summed E-state index contributed by atoms with van der Waals surface area (Å²) in [7, 11) is 0. The van der Waals surface area contributed by atoms with E-state index < -0.39 is 16.4 Å². The molecule has 0 bridgehead atoms. The van der Waals surface area contributed by atoms with Crippen molar-refractivity contribution in [3.8, 4) is 5.75 Å². The first-order valence-corrected chi connectivity index (χ1v) is 6.77. The van der Waals surface area contributed by atoms with E-state index in [0.29, 0.717) is 12.8 Å². The molecule has 1 aromatic carbocycles. The molecule has 0 radical (unpaired) electrons. The van der Waals surface area contributed by atoms with Crippen LogP contribution >= 0.6 is 0 Å². The van der Waals surface area contributed by atoms with Gasteiger partial charge in [-0.25, -0.2) is 4.79 Å². The summed E-state index contributed by atoms with van der Waals surface area (Å²) in [5.41, 5.74) is -1.38. The van der Waals surface area contributed by atoms with E-state index in [4.69, 9.17) is 4.74 Å². The van der Waals surface area contributed by atoms with Crippen LogP contribution in [-0.2, 0) is 4.79 Å². The Morgan fingerprint density at radius 2 is 2.14 bits per heavy atom. The average molecular weight is 296 g/mol. The van der Waals surface area contributed by atoms with Gasteiger partial charge in [-0.2, -0.15) is 0 Å². The molecule has 1 atom stereocenters. The Hall–Kier alpha value is -2.31. The number of nitro groups is 1. The number of nitrogens with zero attached hydrogens (tertiary/aromatic N) is 1. The second-order valence-electron chi connectivity index (χ2n) is 4.85. The molecule has 7 nitrogen and oxygen atoms in total. The molecule has 0 saturated carbocycles. The number of nitrogens with one attached hydrogen (secondary N) is 1. The average Bonchev–Trinajstić information content (AvgIpc) is 2.38. The van der Waals surface area contributed by atoms with Gasteiger partial charge in [0.2, 0.25) is 0 Å². The Bertz CT molecular complexity index is 532. The van der Waals surface area contributed by atoms with Gasteiger partial charge < -0.3 is 15.2 Å². The van der Waals surface area contributed by atoms with E-state index in [1.807, 2.05) is 6.92 Å². The molecule has 0 spiro atoms. The van der Waals surface area contributed by atoms with Crippen LogP contribution < -0.4 is 10.1 Å². The topological polar surface area (TPSA) is 102 Å². The highest BCUT2D eigenvalue weighted by molar-refractivity contribution is 5.84. The summed E-state index contributed by atoms with van der Waals surface area (Å²) in [5.74, 6) is -0.933. The van der Waals surface area contributed by atoms with E-state index in [9.17, 15) is 20.0 Å². The summed E-state index contributed by atoms with van der Waals surface area (Å²) < 4.78 is 5.24. The highest BCUT2D eigenvalue weighted by Crippen LogP contribution is 2.36. The van der Waals surface area contributed by atoms with Crippen molar-refractivity contribution in [3.63, 3.8) is 0 Å². The number of carboxylic acid groups (broad SMARTS) is 1. The lowest BCUT2D eigenvalue weighted by Crippen LogP contribution is -2.43. The molecular weight excluding hydrogens is 276 g/mol. The van der Waals surface area contributed by atoms with Crippen molar-refractivity contribution in [2.45, 2.75) is 39.2 Å². The summed E-state index contributed by atoms with van der Waals surface area (Å²) in [6, 6.07) is 4.57. The third-order valence-corrected chi connectivity index (χ3v) is 3.11. The van der Waals surface area contributed by atoms with Gasteiger partial charge in [-0.3, -0.25) is 10.1 Å². The smallest absolute Gasteiger partial charge is 0.333 e. The first-order chi connectivity index (χ1) is 9.85. The Morgan fingerprint density at radius 3 is 2.62 bits per heavy atom. The lowest BCUT2D eigenvalue weighted by atomic mass is 9.95. The van der Waals surface area contributed by atoms with Gasteiger partial charge in [-0.1, -0.05) is 19.4 Å². The van der Waals surface area contributed by atoms with Crippen molar-refractivity contribution in [2.75, 3.05) is 11.9 Å². The van der Waals surface area contributed by atoms with E-state index >= 15 is 0 Å². The van der Waals surface area contributed by atoms with Gasteiger partial charge in [0.25, 0.3) is 0 Å². The number of para-hydroxylation sites is 1. The fraction of sp³-hybridized carbons (Fsp3) is 0.500. The maximum Gasteiger partial charge on any atom is 0.333 e. The van der Waals surface area contributed by atoms with Crippen molar-refractivity contribution in [3.05, 3.63) is 28.3 Å². The van der Waals surface area contributed by atoms with Crippen LogP contribution in [-0.4, -0.2) is 28.1 Å². The van der Waals surface area contributed by atoms with Crippen LogP contribution in [0, 0.1) is 10.1 Å². The normalized spacial score (nSPS) is 13.3. The van der Waals surface area contributed by atoms with Crippen LogP contribution in [0.2, 0.25) is 0 Å². The number of anilines is 1. The summed E-state index contributed by atoms with van der Waals surface area (Å²) >= 11 is 0. The van der Waals surface area contributed by atoms with Crippen molar-refractivity contribution < 1.29 is 19.6 Å². The van der Waals surface area contributed by atoms with E-state index in [1.54, 1.807) is 13.0 Å². The third-order valence-electron chi connectivity index (χ3n) is 3.11. The number of hydrogen-bond donors (Lipinski definition) is 2. The maximum atomic E-state index is 11.4. The summed E-state index contributed by atoms with van der Waals surface area (Å²) in [4.78, 5) is 22.1.